The van der Waals surface area contributed by atoms with Crippen LogP contribution in [0.25, 0.3) is 0 Å². The van der Waals surface area contributed by atoms with E-state index in [1.54, 1.807) is 0 Å². The molecule has 0 spiro atoms. The fraction of sp³-hybridized carbons (Fsp3) is 0.533. The maximum Gasteiger partial charge on any atom is 0.254 e. The second-order valence-corrected chi connectivity index (χ2v) is 6.30. The van der Waals surface area contributed by atoms with E-state index in [2.05, 4.69) is 15.9 Å². The number of piperidine rings is 1. The van der Waals surface area contributed by atoms with E-state index in [1.165, 1.54) is 0 Å². The molecule has 1 amide bonds. The van der Waals surface area contributed by atoms with Crippen molar-refractivity contribution >= 4 is 33.4 Å². The van der Waals surface area contributed by atoms with Crippen LogP contribution in [-0.4, -0.2) is 42.5 Å². The lowest BCUT2D eigenvalue weighted by atomic mass is 10.0. The molecular weight excluding hydrogens is 342 g/mol. The van der Waals surface area contributed by atoms with Crippen molar-refractivity contribution in [2.75, 3.05) is 25.6 Å². The SMILES string of the molecule is Cc1cc(Br)ccc1C(=O)N1CCC(OCCCl)CC1. The van der Waals surface area contributed by atoms with Crippen molar-refractivity contribution in [2.24, 2.45) is 0 Å². The first-order valence-electron chi connectivity index (χ1n) is 6.85. The molecule has 20 heavy (non-hydrogen) atoms. The first kappa shape index (κ1) is 15.8. The Hall–Kier alpha value is -0.580. The molecule has 0 N–H and O–H groups in total. The van der Waals surface area contributed by atoms with Crippen molar-refractivity contribution < 1.29 is 9.53 Å². The zero-order valence-corrected chi connectivity index (χ0v) is 13.9. The van der Waals surface area contributed by atoms with E-state index in [1.807, 2.05) is 30.0 Å². The first-order chi connectivity index (χ1) is 9.61. The van der Waals surface area contributed by atoms with Gasteiger partial charge in [-0.2, -0.15) is 0 Å². The molecule has 1 fully saturated rings. The summed E-state index contributed by atoms with van der Waals surface area (Å²) >= 11 is 9.04. The maximum absolute atomic E-state index is 12.5. The zero-order chi connectivity index (χ0) is 14.5. The molecule has 0 bridgehead atoms. The summed E-state index contributed by atoms with van der Waals surface area (Å²) in [7, 11) is 0. The number of aryl methyl sites for hydroxylation is 1. The van der Waals surface area contributed by atoms with Crippen LogP contribution < -0.4 is 0 Å². The third-order valence-electron chi connectivity index (χ3n) is 3.58. The Kier molecular flexibility index (Phi) is 5.87. The highest BCUT2D eigenvalue weighted by Crippen LogP contribution is 2.20. The van der Waals surface area contributed by atoms with Crippen LogP contribution in [0.3, 0.4) is 0 Å². The van der Waals surface area contributed by atoms with E-state index in [-0.39, 0.29) is 12.0 Å². The predicted octanol–water partition coefficient (Wildman–Crippen LogP) is 3.62. The molecule has 1 heterocycles. The molecule has 0 aliphatic carbocycles. The van der Waals surface area contributed by atoms with Crippen molar-refractivity contribution in [1.29, 1.82) is 0 Å². The number of hydrogen-bond donors (Lipinski definition) is 0. The molecule has 0 unspecified atom stereocenters. The van der Waals surface area contributed by atoms with Gasteiger partial charge in [0.2, 0.25) is 0 Å². The highest BCUT2D eigenvalue weighted by atomic mass is 79.9. The zero-order valence-electron chi connectivity index (χ0n) is 11.6. The Bertz CT molecular complexity index is 473. The monoisotopic (exact) mass is 359 g/mol. The van der Waals surface area contributed by atoms with Gasteiger partial charge in [-0.1, -0.05) is 15.9 Å². The molecule has 1 aromatic rings. The Balaban J connectivity index is 1.94. The Morgan fingerprint density at radius 1 is 1.45 bits per heavy atom. The molecule has 3 nitrogen and oxygen atoms in total. The van der Waals surface area contributed by atoms with Crippen LogP contribution >= 0.6 is 27.5 Å². The predicted molar refractivity (Wildman–Crippen MR) is 84.5 cm³/mol. The maximum atomic E-state index is 12.5. The van der Waals surface area contributed by atoms with Crippen LogP contribution in [0.2, 0.25) is 0 Å². The molecule has 2 rings (SSSR count). The van der Waals surface area contributed by atoms with E-state index < -0.39 is 0 Å². The van der Waals surface area contributed by atoms with Crippen LogP contribution in [0.5, 0.6) is 0 Å². The second kappa shape index (κ2) is 7.43. The molecule has 1 saturated heterocycles. The number of nitrogens with zero attached hydrogens (tertiary/aromatic N) is 1. The van der Waals surface area contributed by atoms with Crippen LogP contribution in [0, 0.1) is 6.92 Å². The number of carbonyl (C=O) groups is 1. The molecule has 0 saturated carbocycles. The van der Waals surface area contributed by atoms with E-state index in [4.69, 9.17) is 16.3 Å². The van der Waals surface area contributed by atoms with Gasteiger partial charge in [-0.3, -0.25) is 4.79 Å². The molecule has 0 atom stereocenters. The number of rotatable bonds is 4. The molecule has 0 radical (unpaired) electrons. The lowest BCUT2D eigenvalue weighted by Crippen LogP contribution is -2.41. The Morgan fingerprint density at radius 3 is 2.75 bits per heavy atom. The summed E-state index contributed by atoms with van der Waals surface area (Å²) in [5, 5.41) is 0. The van der Waals surface area contributed by atoms with Gasteiger partial charge in [0, 0.05) is 29.0 Å². The normalized spacial score (nSPS) is 16.4. The number of halogens is 2. The van der Waals surface area contributed by atoms with Gasteiger partial charge in [0.1, 0.15) is 0 Å². The third-order valence-corrected chi connectivity index (χ3v) is 4.23. The van der Waals surface area contributed by atoms with Crippen molar-refractivity contribution in [3.8, 4) is 0 Å². The molecule has 110 valence electrons. The summed E-state index contributed by atoms with van der Waals surface area (Å²) in [5.41, 5.74) is 1.79. The molecule has 1 aliphatic rings. The first-order valence-corrected chi connectivity index (χ1v) is 8.17. The van der Waals surface area contributed by atoms with Gasteiger partial charge in [-0.25, -0.2) is 0 Å². The lowest BCUT2D eigenvalue weighted by molar-refractivity contribution is 0.0154. The molecule has 1 aromatic carbocycles. The molecule has 0 aromatic heterocycles. The Labute approximate surface area is 133 Å². The van der Waals surface area contributed by atoms with Crippen LogP contribution in [-0.2, 0) is 4.74 Å². The smallest absolute Gasteiger partial charge is 0.254 e. The minimum absolute atomic E-state index is 0.116. The highest BCUT2D eigenvalue weighted by molar-refractivity contribution is 9.10. The third kappa shape index (κ3) is 3.96. The van der Waals surface area contributed by atoms with Crippen LogP contribution in [0.4, 0.5) is 0 Å². The summed E-state index contributed by atoms with van der Waals surface area (Å²) in [5.74, 6) is 0.642. The van der Waals surface area contributed by atoms with Gasteiger partial charge in [0.05, 0.1) is 12.7 Å². The number of alkyl halides is 1. The van der Waals surface area contributed by atoms with Gasteiger partial charge >= 0.3 is 0 Å². The van der Waals surface area contributed by atoms with Crippen molar-refractivity contribution in [3.05, 3.63) is 33.8 Å². The largest absolute Gasteiger partial charge is 0.377 e. The highest BCUT2D eigenvalue weighted by Gasteiger charge is 2.24. The van der Waals surface area contributed by atoms with Crippen LogP contribution in [0.1, 0.15) is 28.8 Å². The number of hydrogen-bond acceptors (Lipinski definition) is 2. The minimum atomic E-state index is 0.116. The quantitative estimate of drug-likeness (QED) is 0.768. The fourth-order valence-electron chi connectivity index (χ4n) is 2.47. The van der Waals surface area contributed by atoms with Gasteiger partial charge in [-0.05, 0) is 43.5 Å². The lowest BCUT2D eigenvalue weighted by Gasteiger charge is -2.32. The summed E-state index contributed by atoms with van der Waals surface area (Å²) in [4.78, 5) is 14.4. The van der Waals surface area contributed by atoms with Crippen molar-refractivity contribution in [1.82, 2.24) is 4.90 Å². The van der Waals surface area contributed by atoms with E-state index in [9.17, 15) is 4.79 Å². The van der Waals surface area contributed by atoms with Crippen LogP contribution in [0.15, 0.2) is 22.7 Å². The fourth-order valence-corrected chi connectivity index (χ4v) is 3.04. The van der Waals surface area contributed by atoms with Gasteiger partial charge in [-0.15, -0.1) is 11.6 Å². The number of carbonyl (C=O) groups excluding carboxylic acids is 1. The molecule has 1 aliphatic heterocycles. The average Bonchev–Trinajstić information content (AvgIpc) is 2.45. The molecular formula is C15H19BrClNO2. The van der Waals surface area contributed by atoms with E-state index >= 15 is 0 Å². The standard InChI is InChI=1S/C15H19BrClNO2/c1-11-10-12(16)2-3-14(11)15(19)18-7-4-13(5-8-18)20-9-6-17/h2-3,10,13H,4-9H2,1H3. The summed E-state index contributed by atoms with van der Waals surface area (Å²) in [6.07, 6.45) is 2.01. The van der Waals surface area contributed by atoms with Crippen molar-refractivity contribution in [2.45, 2.75) is 25.9 Å². The minimum Gasteiger partial charge on any atom is -0.377 e. The van der Waals surface area contributed by atoms with Gasteiger partial charge < -0.3 is 9.64 Å². The number of amides is 1. The second-order valence-electron chi connectivity index (χ2n) is 5.01. The van der Waals surface area contributed by atoms with Gasteiger partial charge in [0.25, 0.3) is 5.91 Å². The van der Waals surface area contributed by atoms with E-state index in [0.717, 1.165) is 41.5 Å². The summed E-state index contributed by atoms with van der Waals surface area (Å²) < 4.78 is 6.63. The van der Waals surface area contributed by atoms with Crippen molar-refractivity contribution in [3.63, 3.8) is 0 Å². The van der Waals surface area contributed by atoms with E-state index in [0.29, 0.717) is 12.5 Å². The summed E-state index contributed by atoms with van der Waals surface area (Å²) in [6.45, 7) is 4.06. The molecule has 5 heteroatoms. The average molecular weight is 361 g/mol. The topological polar surface area (TPSA) is 29.5 Å². The number of likely N-dealkylation sites (tertiary alicyclic amines) is 1. The van der Waals surface area contributed by atoms with Gasteiger partial charge in [0.15, 0.2) is 0 Å². The number of ether oxygens (including phenoxy) is 1. The number of benzene rings is 1. The summed E-state index contributed by atoms with van der Waals surface area (Å²) in [6, 6.07) is 5.78. The Morgan fingerprint density at radius 2 is 2.15 bits per heavy atom.